The van der Waals surface area contributed by atoms with Gasteiger partial charge in [-0.1, -0.05) is 6.08 Å². The number of ether oxygens (including phenoxy) is 1. The Bertz CT molecular complexity index is 208. The number of hydroxylamine groups is 1. The van der Waals surface area contributed by atoms with E-state index >= 15 is 0 Å². The minimum atomic E-state index is -0.315. The van der Waals surface area contributed by atoms with Crippen molar-refractivity contribution in [2.45, 2.75) is 18.9 Å². The Morgan fingerprint density at radius 2 is 2.57 bits per heavy atom. The van der Waals surface area contributed by atoms with Crippen LogP contribution < -0.4 is 5.48 Å². The Balaban J connectivity index is 2.21. The fourth-order valence-corrected chi connectivity index (χ4v) is 1.35. The second-order valence-corrected chi connectivity index (χ2v) is 3.25. The zero-order chi connectivity index (χ0) is 10.4. The molecule has 1 aliphatic heterocycles. The summed E-state index contributed by atoms with van der Waals surface area (Å²) in [6.07, 6.45) is 2.81. The molecule has 2 N–H and O–H groups in total. The molecule has 80 valence electrons. The third-order valence-electron chi connectivity index (χ3n) is 2.18. The van der Waals surface area contributed by atoms with Gasteiger partial charge in [-0.3, -0.25) is 0 Å². The van der Waals surface area contributed by atoms with E-state index in [9.17, 15) is 4.79 Å². The van der Waals surface area contributed by atoms with Crippen molar-refractivity contribution < 1.29 is 14.7 Å². The highest BCUT2D eigenvalue weighted by molar-refractivity contribution is 5.68. The van der Waals surface area contributed by atoms with E-state index < -0.39 is 0 Å². The van der Waals surface area contributed by atoms with Gasteiger partial charge in [0.05, 0.1) is 12.6 Å². The first-order valence-corrected chi connectivity index (χ1v) is 4.70. The Morgan fingerprint density at radius 1 is 1.79 bits per heavy atom. The van der Waals surface area contributed by atoms with E-state index in [1.165, 1.54) is 0 Å². The molecule has 0 aliphatic carbocycles. The Kier molecular flexibility index (Phi) is 4.42. The van der Waals surface area contributed by atoms with Crippen LogP contribution in [0.1, 0.15) is 12.8 Å². The summed E-state index contributed by atoms with van der Waals surface area (Å²) in [5.41, 5.74) is 2.15. The first-order chi connectivity index (χ1) is 6.77. The third-order valence-corrected chi connectivity index (χ3v) is 2.18. The van der Waals surface area contributed by atoms with Gasteiger partial charge in [0.1, 0.15) is 0 Å². The van der Waals surface area contributed by atoms with E-state index in [0.29, 0.717) is 26.1 Å². The molecule has 0 saturated carbocycles. The molecule has 5 nitrogen and oxygen atoms in total. The van der Waals surface area contributed by atoms with Crippen LogP contribution in [0.3, 0.4) is 0 Å². The number of carbonyl (C=O) groups is 1. The first kappa shape index (κ1) is 11.0. The Morgan fingerprint density at radius 3 is 3.14 bits per heavy atom. The number of nitrogens with zero attached hydrogens (tertiary/aromatic N) is 1. The summed E-state index contributed by atoms with van der Waals surface area (Å²) in [6, 6.07) is -0.0260. The molecular formula is C9H16N2O3. The SMILES string of the molecule is C=CCCOC(=O)N1CCC(NO)C1. The zero-order valence-corrected chi connectivity index (χ0v) is 8.11. The molecule has 1 heterocycles. The van der Waals surface area contributed by atoms with Crippen LogP contribution >= 0.6 is 0 Å². The molecule has 0 aromatic rings. The van der Waals surface area contributed by atoms with E-state index in [1.54, 1.807) is 11.0 Å². The monoisotopic (exact) mass is 200 g/mol. The van der Waals surface area contributed by atoms with Crippen molar-refractivity contribution in [3.63, 3.8) is 0 Å². The summed E-state index contributed by atoms with van der Waals surface area (Å²) in [4.78, 5) is 12.9. The molecule has 5 heteroatoms. The highest BCUT2D eigenvalue weighted by Gasteiger charge is 2.26. The molecule has 0 aromatic heterocycles. The molecule has 1 unspecified atom stereocenters. The van der Waals surface area contributed by atoms with Gasteiger partial charge in [-0.15, -0.1) is 6.58 Å². The van der Waals surface area contributed by atoms with Crippen molar-refractivity contribution in [2.75, 3.05) is 19.7 Å². The molecule has 0 spiro atoms. The normalized spacial score (nSPS) is 20.9. The van der Waals surface area contributed by atoms with E-state index in [4.69, 9.17) is 9.94 Å². The van der Waals surface area contributed by atoms with Crippen molar-refractivity contribution in [3.8, 4) is 0 Å². The topological polar surface area (TPSA) is 61.8 Å². The van der Waals surface area contributed by atoms with Crippen molar-refractivity contribution >= 4 is 6.09 Å². The lowest BCUT2D eigenvalue weighted by molar-refractivity contribution is 0.102. The highest BCUT2D eigenvalue weighted by atomic mass is 16.6. The molecule has 1 rings (SSSR count). The molecule has 1 aliphatic rings. The maximum Gasteiger partial charge on any atom is 0.409 e. The van der Waals surface area contributed by atoms with E-state index in [-0.39, 0.29) is 12.1 Å². The number of amides is 1. The fraction of sp³-hybridized carbons (Fsp3) is 0.667. The summed E-state index contributed by atoms with van der Waals surface area (Å²) in [7, 11) is 0. The molecule has 14 heavy (non-hydrogen) atoms. The van der Waals surface area contributed by atoms with Gasteiger partial charge >= 0.3 is 6.09 Å². The molecule has 1 saturated heterocycles. The first-order valence-electron chi connectivity index (χ1n) is 4.70. The van der Waals surface area contributed by atoms with E-state index in [0.717, 1.165) is 6.42 Å². The molecule has 1 amide bonds. The number of carbonyl (C=O) groups excluding carboxylic acids is 1. The molecular weight excluding hydrogens is 184 g/mol. The predicted molar refractivity (Wildman–Crippen MR) is 51.1 cm³/mol. The highest BCUT2D eigenvalue weighted by Crippen LogP contribution is 2.09. The standard InChI is InChI=1S/C9H16N2O3/c1-2-3-6-14-9(12)11-5-4-8(7-11)10-13/h2,8,10,13H,1,3-7H2. The van der Waals surface area contributed by atoms with Crippen LogP contribution in [0.5, 0.6) is 0 Å². The van der Waals surface area contributed by atoms with E-state index in [1.807, 2.05) is 0 Å². The van der Waals surface area contributed by atoms with Gasteiger partial charge in [0.15, 0.2) is 0 Å². The summed E-state index contributed by atoms with van der Waals surface area (Å²) in [6.45, 7) is 5.04. The predicted octanol–water partition coefficient (Wildman–Crippen LogP) is 0.752. The van der Waals surface area contributed by atoms with Crippen LogP contribution in [0, 0.1) is 0 Å². The lowest BCUT2D eigenvalue weighted by Crippen LogP contribution is -2.34. The quantitative estimate of drug-likeness (QED) is 0.399. The van der Waals surface area contributed by atoms with Gasteiger partial charge in [0.2, 0.25) is 0 Å². The Hall–Kier alpha value is -1.07. The number of nitrogens with one attached hydrogen (secondary N) is 1. The third kappa shape index (κ3) is 3.01. The average molecular weight is 200 g/mol. The van der Waals surface area contributed by atoms with Gasteiger partial charge in [0, 0.05) is 13.1 Å². The maximum atomic E-state index is 11.3. The summed E-state index contributed by atoms with van der Waals surface area (Å²) >= 11 is 0. The van der Waals surface area contributed by atoms with Crippen LogP contribution in [0.2, 0.25) is 0 Å². The van der Waals surface area contributed by atoms with Gasteiger partial charge in [-0.2, -0.15) is 0 Å². The van der Waals surface area contributed by atoms with Crippen molar-refractivity contribution in [1.82, 2.24) is 10.4 Å². The maximum absolute atomic E-state index is 11.3. The Labute approximate surface area is 83.3 Å². The van der Waals surface area contributed by atoms with Crippen molar-refractivity contribution in [2.24, 2.45) is 0 Å². The van der Waals surface area contributed by atoms with Crippen LogP contribution in [-0.2, 0) is 4.74 Å². The summed E-state index contributed by atoms with van der Waals surface area (Å²) < 4.78 is 4.97. The summed E-state index contributed by atoms with van der Waals surface area (Å²) in [5.74, 6) is 0. The summed E-state index contributed by atoms with van der Waals surface area (Å²) in [5, 5.41) is 8.64. The molecule has 0 radical (unpaired) electrons. The second-order valence-electron chi connectivity index (χ2n) is 3.25. The smallest absolute Gasteiger partial charge is 0.409 e. The van der Waals surface area contributed by atoms with Gasteiger partial charge in [0.25, 0.3) is 0 Å². The number of hydrogen-bond acceptors (Lipinski definition) is 4. The molecule has 1 atom stereocenters. The van der Waals surface area contributed by atoms with Crippen LogP contribution in [-0.4, -0.2) is 41.9 Å². The fourth-order valence-electron chi connectivity index (χ4n) is 1.35. The average Bonchev–Trinajstić information content (AvgIpc) is 2.66. The van der Waals surface area contributed by atoms with Gasteiger partial charge < -0.3 is 14.8 Å². The van der Waals surface area contributed by atoms with Crippen molar-refractivity contribution in [3.05, 3.63) is 12.7 Å². The number of rotatable bonds is 4. The van der Waals surface area contributed by atoms with Gasteiger partial charge in [-0.25, -0.2) is 10.3 Å². The number of likely N-dealkylation sites (tertiary alicyclic amines) is 1. The van der Waals surface area contributed by atoms with Crippen LogP contribution in [0.15, 0.2) is 12.7 Å². The van der Waals surface area contributed by atoms with Crippen LogP contribution in [0.25, 0.3) is 0 Å². The number of hydrogen-bond donors (Lipinski definition) is 2. The lowest BCUT2D eigenvalue weighted by Gasteiger charge is -2.15. The minimum Gasteiger partial charge on any atom is -0.449 e. The molecule has 0 bridgehead atoms. The molecule has 0 aromatic carbocycles. The van der Waals surface area contributed by atoms with Crippen molar-refractivity contribution in [1.29, 1.82) is 0 Å². The zero-order valence-electron chi connectivity index (χ0n) is 8.11. The largest absolute Gasteiger partial charge is 0.449 e. The van der Waals surface area contributed by atoms with E-state index in [2.05, 4.69) is 12.1 Å². The minimum absolute atomic E-state index is 0.0260. The molecule has 1 fully saturated rings. The lowest BCUT2D eigenvalue weighted by atomic mass is 10.3. The van der Waals surface area contributed by atoms with Gasteiger partial charge in [-0.05, 0) is 12.8 Å². The van der Waals surface area contributed by atoms with Crippen LogP contribution in [0.4, 0.5) is 4.79 Å². The second kappa shape index (κ2) is 5.62.